The molecular formula is C40H38Cl2F2N4O8. The van der Waals surface area contributed by atoms with Gasteiger partial charge in [-0.05, 0) is 84.7 Å². The predicted molar refractivity (Wildman–Crippen MR) is 201 cm³/mol. The maximum Gasteiger partial charge on any atom is 0.408 e. The monoisotopic (exact) mass is 810 g/mol. The zero-order chi connectivity index (χ0) is 39.7. The number of ether oxygens (including phenoxy) is 2. The molecule has 56 heavy (non-hydrogen) atoms. The molecule has 1 aromatic heterocycles. The van der Waals surface area contributed by atoms with Crippen molar-refractivity contribution in [2.45, 2.75) is 63.4 Å². The van der Waals surface area contributed by atoms with Crippen LogP contribution in [0.15, 0.2) is 70.8 Å². The molecule has 3 aromatic carbocycles. The highest BCUT2D eigenvalue weighted by molar-refractivity contribution is 6.33. The summed E-state index contributed by atoms with van der Waals surface area (Å²) in [5.41, 5.74) is 3.07. The third-order valence-corrected chi connectivity index (χ3v) is 11.1. The highest BCUT2D eigenvalue weighted by Crippen LogP contribution is 2.42. The molecule has 1 aliphatic carbocycles. The molecule has 0 unspecified atom stereocenters. The highest BCUT2D eigenvalue weighted by Gasteiger charge is 2.49. The predicted octanol–water partition coefficient (Wildman–Crippen LogP) is 8.14. The first-order chi connectivity index (χ1) is 26.9. The van der Waals surface area contributed by atoms with Gasteiger partial charge in [0.1, 0.15) is 29.7 Å². The lowest BCUT2D eigenvalue weighted by atomic mass is 9.81. The summed E-state index contributed by atoms with van der Waals surface area (Å²) in [5.74, 6) is -1.31. The molecule has 3 heterocycles. The smallest absolute Gasteiger partial charge is 0.408 e. The molecule has 3 aliphatic rings. The lowest BCUT2D eigenvalue weighted by molar-refractivity contribution is -0.129. The number of piperazine rings is 1. The van der Waals surface area contributed by atoms with E-state index in [9.17, 15) is 33.4 Å². The van der Waals surface area contributed by atoms with Crippen molar-refractivity contribution < 1.29 is 47.4 Å². The molecule has 2 bridgehead atoms. The molecular weight excluding hydrogens is 773 g/mol. The van der Waals surface area contributed by atoms with Crippen molar-refractivity contribution in [2.75, 3.05) is 26.8 Å². The number of carbonyl (C=O) groups excluding carboxylic acids is 1. The van der Waals surface area contributed by atoms with Crippen LogP contribution in [0, 0.1) is 11.6 Å². The van der Waals surface area contributed by atoms with Crippen LogP contribution in [0.4, 0.5) is 18.4 Å². The van der Waals surface area contributed by atoms with Crippen LogP contribution >= 0.6 is 23.2 Å². The number of amides is 3. The summed E-state index contributed by atoms with van der Waals surface area (Å²) in [6.07, 6.45) is 0.768. The Morgan fingerprint density at radius 1 is 0.982 bits per heavy atom. The zero-order valence-corrected chi connectivity index (χ0v) is 31.7. The molecule has 294 valence electrons. The Morgan fingerprint density at radius 3 is 2.43 bits per heavy atom. The van der Waals surface area contributed by atoms with Gasteiger partial charge in [0.2, 0.25) is 0 Å². The van der Waals surface area contributed by atoms with Crippen molar-refractivity contribution in [1.29, 1.82) is 0 Å². The topological polar surface area (TPSA) is 146 Å². The SMILES string of the molecule is COCCCc1ccc(Cl)c(CN(C(=O)C2=C(c3ccc(OCc4cc(-c5c(F)ccc(F)c5Cl)no4)cc3)C[C@@H]3CN(C(=O)O)C[C@H]2N3C(=O)O)C2CC2)c1. The van der Waals surface area contributed by atoms with E-state index in [0.717, 1.165) is 48.9 Å². The van der Waals surface area contributed by atoms with Gasteiger partial charge in [-0.3, -0.25) is 9.69 Å². The molecule has 2 aliphatic heterocycles. The van der Waals surface area contributed by atoms with Gasteiger partial charge in [-0.1, -0.05) is 52.6 Å². The molecule has 16 heteroatoms. The van der Waals surface area contributed by atoms with Crippen molar-refractivity contribution in [3.63, 3.8) is 0 Å². The maximum atomic E-state index is 14.9. The van der Waals surface area contributed by atoms with Crippen molar-refractivity contribution >= 4 is 46.9 Å². The average Bonchev–Trinajstić information content (AvgIpc) is 3.91. The number of carboxylic acid groups (broad SMARTS) is 2. The van der Waals surface area contributed by atoms with E-state index in [2.05, 4.69) is 5.16 Å². The van der Waals surface area contributed by atoms with Crippen molar-refractivity contribution in [3.05, 3.63) is 110 Å². The average molecular weight is 812 g/mol. The maximum absolute atomic E-state index is 14.9. The number of nitrogens with zero attached hydrogens (tertiary/aromatic N) is 4. The Bertz CT molecular complexity index is 2180. The summed E-state index contributed by atoms with van der Waals surface area (Å²) in [4.78, 5) is 44.0. The third-order valence-electron chi connectivity index (χ3n) is 10.3. The van der Waals surface area contributed by atoms with E-state index in [4.69, 9.17) is 37.2 Å². The fourth-order valence-electron chi connectivity index (χ4n) is 7.48. The van der Waals surface area contributed by atoms with Crippen molar-refractivity contribution in [1.82, 2.24) is 19.9 Å². The number of benzene rings is 3. The van der Waals surface area contributed by atoms with E-state index in [1.807, 2.05) is 18.2 Å². The lowest BCUT2D eigenvalue weighted by Crippen LogP contribution is -2.65. The Balaban J connectivity index is 1.19. The van der Waals surface area contributed by atoms with E-state index in [1.165, 1.54) is 15.9 Å². The quantitative estimate of drug-likeness (QED) is 0.101. The highest BCUT2D eigenvalue weighted by atomic mass is 35.5. The van der Waals surface area contributed by atoms with Crippen LogP contribution in [0.2, 0.25) is 10.0 Å². The second-order valence-electron chi connectivity index (χ2n) is 14.0. The van der Waals surface area contributed by atoms with Crippen LogP contribution in [0.3, 0.4) is 0 Å². The van der Waals surface area contributed by atoms with Crippen LogP contribution in [0.1, 0.15) is 48.1 Å². The van der Waals surface area contributed by atoms with E-state index < -0.39 is 40.9 Å². The van der Waals surface area contributed by atoms with Gasteiger partial charge in [-0.25, -0.2) is 18.4 Å². The summed E-state index contributed by atoms with van der Waals surface area (Å²) in [6.45, 7) is 0.427. The summed E-state index contributed by atoms with van der Waals surface area (Å²) in [7, 11) is 1.65. The van der Waals surface area contributed by atoms with Gasteiger partial charge in [0.15, 0.2) is 5.76 Å². The molecule has 7 rings (SSSR count). The summed E-state index contributed by atoms with van der Waals surface area (Å²) >= 11 is 12.7. The second kappa shape index (κ2) is 16.5. The van der Waals surface area contributed by atoms with Crippen molar-refractivity contribution in [3.8, 4) is 17.0 Å². The molecule has 2 atom stereocenters. The number of aromatic nitrogens is 1. The number of hydrogen-bond acceptors (Lipinski definition) is 7. The van der Waals surface area contributed by atoms with Gasteiger partial charge < -0.3 is 34.0 Å². The Labute approximate surface area is 330 Å². The van der Waals surface area contributed by atoms with Crippen LogP contribution < -0.4 is 4.74 Å². The standard InChI is InChI=1S/C40H38Cl2F2N4O8/c1-54-14-2-3-22-4-11-30(41)24(15-22)18-47(25-7-8-25)38(49)35-29(16-26-19-46(39(50)51)20-34(35)48(26)40(52)53)23-5-9-27(10-6-23)55-21-28-17-33(45-56-28)36-31(43)12-13-32(44)37(36)42/h4-6,9-13,15,17,25-26,34H,2-3,7-8,14,16,18-21H2,1H3,(H,50,51)(H,52,53)/t26-,34-/m1/s1. The van der Waals surface area contributed by atoms with Gasteiger partial charge >= 0.3 is 12.2 Å². The minimum atomic E-state index is -1.24. The number of aryl methyl sites for hydroxylation is 1. The van der Waals surface area contributed by atoms with E-state index in [-0.39, 0.29) is 67.2 Å². The van der Waals surface area contributed by atoms with Gasteiger partial charge in [-0.2, -0.15) is 0 Å². The van der Waals surface area contributed by atoms with Gasteiger partial charge in [0.25, 0.3) is 5.91 Å². The normalized spacial score (nSPS) is 17.9. The van der Waals surface area contributed by atoms with Gasteiger partial charge in [0, 0.05) is 56.1 Å². The number of fused-ring (bicyclic) bond motifs is 2. The van der Waals surface area contributed by atoms with Gasteiger partial charge in [-0.15, -0.1) is 0 Å². The molecule has 1 saturated heterocycles. The van der Waals surface area contributed by atoms with Crippen LogP contribution in [-0.2, 0) is 29.1 Å². The van der Waals surface area contributed by atoms with Crippen molar-refractivity contribution in [2.24, 2.45) is 0 Å². The minimum Gasteiger partial charge on any atom is -0.486 e. The molecule has 3 amide bonds. The fraction of sp³-hybridized carbons (Fsp3) is 0.350. The summed E-state index contributed by atoms with van der Waals surface area (Å²) in [5, 5.41) is 24.3. The lowest BCUT2D eigenvalue weighted by Gasteiger charge is -2.49. The Hall–Kier alpha value is -5.18. The molecule has 2 N–H and O–H groups in total. The summed E-state index contributed by atoms with van der Waals surface area (Å²) in [6, 6.07) is 14.0. The molecule has 12 nitrogen and oxygen atoms in total. The first-order valence-electron chi connectivity index (χ1n) is 18.1. The fourth-order valence-corrected chi connectivity index (χ4v) is 7.91. The number of methoxy groups -OCH3 is 1. The van der Waals surface area contributed by atoms with Crippen LogP contribution in [0.25, 0.3) is 16.8 Å². The zero-order valence-electron chi connectivity index (χ0n) is 30.2. The number of rotatable bonds is 13. The number of carbonyl (C=O) groups is 3. The van der Waals surface area contributed by atoms with E-state index >= 15 is 0 Å². The summed E-state index contributed by atoms with van der Waals surface area (Å²) < 4.78 is 44.8. The molecule has 2 fully saturated rings. The molecule has 0 radical (unpaired) electrons. The second-order valence-corrected chi connectivity index (χ2v) is 14.8. The van der Waals surface area contributed by atoms with E-state index in [1.54, 1.807) is 36.3 Å². The first-order valence-corrected chi connectivity index (χ1v) is 18.8. The number of halogens is 4. The molecule has 4 aromatic rings. The van der Waals surface area contributed by atoms with Gasteiger partial charge in [0.05, 0.1) is 22.7 Å². The van der Waals surface area contributed by atoms with Crippen LogP contribution in [-0.4, -0.2) is 93.1 Å². The van der Waals surface area contributed by atoms with E-state index in [0.29, 0.717) is 28.5 Å². The number of hydrogen-bond donors (Lipinski definition) is 2. The minimum absolute atomic E-state index is 0.00194. The largest absolute Gasteiger partial charge is 0.486 e. The Morgan fingerprint density at radius 2 is 1.73 bits per heavy atom. The first kappa shape index (κ1) is 39.1. The Kier molecular flexibility index (Phi) is 11.5. The molecule has 1 saturated carbocycles. The third kappa shape index (κ3) is 8.18. The molecule has 0 spiro atoms. The van der Waals surface area contributed by atoms with Crippen LogP contribution in [0.5, 0.6) is 5.75 Å².